The van der Waals surface area contributed by atoms with Gasteiger partial charge in [0, 0.05) is 6.04 Å². The van der Waals surface area contributed by atoms with Crippen LogP contribution in [0.15, 0.2) is 22.8 Å². The lowest BCUT2D eigenvalue weighted by Crippen LogP contribution is -2.29. The Morgan fingerprint density at radius 3 is 2.67 bits per heavy atom. The number of hydrogen-bond acceptors (Lipinski definition) is 2. The van der Waals surface area contributed by atoms with E-state index < -0.39 is 0 Å². The molecule has 0 aromatic carbocycles. The lowest BCUT2D eigenvalue weighted by atomic mass is 10.1. The van der Waals surface area contributed by atoms with Gasteiger partial charge in [-0.15, -0.1) is 0 Å². The molecule has 1 aromatic rings. The van der Waals surface area contributed by atoms with Gasteiger partial charge < -0.3 is 9.73 Å². The van der Waals surface area contributed by atoms with Crippen molar-refractivity contribution in [2.24, 2.45) is 5.92 Å². The molecule has 0 spiro atoms. The van der Waals surface area contributed by atoms with Gasteiger partial charge in [-0.05, 0) is 25.0 Å². The van der Waals surface area contributed by atoms with E-state index in [2.05, 4.69) is 26.1 Å². The minimum absolute atomic E-state index is 0.537. The van der Waals surface area contributed by atoms with E-state index in [1.165, 1.54) is 0 Å². The van der Waals surface area contributed by atoms with Gasteiger partial charge in [-0.1, -0.05) is 13.8 Å². The van der Waals surface area contributed by atoms with Gasteiger partial charge in [-0.2, -0.15) is 0 Å². The fourth-order valence-corrected chi connectivity index (χ4v) is 0.910. The summed E-state index contributed by atoms with van der Waals surface area (Å²) in [5.74, 6) is 1.67. The van der Waals surface area contributed by atoms with Crippen molar-refractivity contribution in [2.75, 3.05) is 0 Å². The lowest BCUT2D eigenvalue weighted by Gasteiger charge is -2.16. The van der Waals surface area contributed by atoms with Crippen molar-refractivity contribution in [3.05, 3.63) is 24.2 Å². The van der Waals surface area contributed by atoms with Crippen LogP contribution in [-0.4, -0.2) is 6.04 Å². The van der Waals surface area contributed by atoms with Crippen molar-refractivity contribution in [1.29, 1.82) is 0 Å². The number of hydrogen-bond donors (Lipinski definition) is 1. The molecule has 2 heteroatoms. The molecule has 0 amide bonds. The van der Waals surface area contributed by atoms with Gasteiger partial charge in [-0.25, -0.2) is 0 Å². The van der Waals surface area contributed by atoms with Gasteiger partial charge >= 0.3 is 0 Å². The van der Waals surface area contributed by atoms with Crippen LogP contribution in [0.1, 0.15) is 26.5 Å². The van der Waals surface area contributed by atoms with Crippen LogP contribution in [-0.2, 0) is 6.54 Å². The third kappa shape index (κ3) is 2.70. The number of nitrogens with one attached hydrogen (secondary N) is 1. The van der Waals surface area contributed by atoms with Crippen LogP contribution in [0.5, 0.6) is 0 Å². The van der Waals surface area contributed by atoms with Crippen LogP contribution < -0.4 is 5.32 Å². The summed E-state index contributed by atoms with van der Waals surface area (Å²) in [5, 5.41) is 3.39. The Morgan fingerprint density at radius 1 is 1.42 bits per heavy atom. The third-order valence-electron chi connectivity index (χ3n) is 2.18. The highest BCUT2D eigenvalue weighted by molar-refractivity contribution is 4.97. The molecule has 0 saturated heterocycles. The highest BCUT2D eigenvalue weighted by Gasteiger charge is 2.05. The summed E-state index contributed by atoms with van der Waals surface area (Å²) in [6, 6.07) is 4.44. The molecule has 0 unspecified atom stereocenters. The molecule has 0 bridgehead atoms. The van der Waals surface area contributed by atoms with Crippen LogP contribution in [0.4, 0.5) is 0 Å². The lowest BCUT2D eigenvalue weighted by molar-refractivity contribution is 0.396. The van der Waals surface area contributed by atoms with Gasteiger partial charge in [0.05, 0.1) is 12.8 Å². The SMILES string of the molecule is CC(C)[C@H](C)NCc1ccco1. The molecule has 0 fully saturated rings. The highest BCUT2D eigenvalue weighted by Crippen LogP contribution is 2.03. The largest absolute Gasteiger partial charge is 0.468 e. The van der Waals surface area contributed by atoms with E-state index >= 15 is 0 Å². The molecule has 1 heterocycles. The third-order valence-corrected chi connectivity index (χ3v) is 2.18. The van der Waals surface area contributed by atoms with Crippen LogP contribution >= 0.6 is 0 Å². The smallest absolute Gasteiger partial charge is 0.117 e. The minimum atomic E-state index is 0.537. The summed E-state index contributed by atoms with van der Waals surface area (Å²) in [4.78, 5) is 0. The van der Waals surface area contributed by atoms with Gasteiger partial charge in [-0.3, -0.25) is 0 Å². The van der Waals surface area contributed by atoms with Crippen molar-refractivity contribution >= 4 is 0 Å². The van der Waals surface area contributed by atoms with Crippen molar-refractivity contribution in [2.45, 2.75) is 33.4 Å². The van der Waals surface area contributed by atoms with Crippen molar-refractivity contribution in [3.8, 4) is 0 Å². The maximum atomic E-state index is 5.20. The second-order valence-electron chi connectivity index (χ2n) is 3.49. The summed E-state index contributed by atoms with van der Waals surface area (Å²) in [7, 11) is 0. The Labute approximate surface area is 74.0 Å². The van der Waals surface area contributed by atoms with E-state index in [1.807, 2.05) is 12.1 Å². The number of furan rings is 1. The Balaban J connectivity index is 2.27. The first-order valence-corrected chi connectivity index (χ1v) is 4.46. The minimum Gasteiger partial charge on any atom is -0.468 e. The van der Waals surface area contributed by atoms with Gasteiger partial charge in [0.1, 0.15) is 5.76 Å². The fourth-order valence-electron chi connectivity index (χ4n) is 0.910. The molecule has 0 radical (unpaired) electrons. The predicted molar refractivity (Wildman–Crippen MR) is 49.8 cm³/mol. The highest BCUT2D eigenvalue weighted by atomic mass is 16.3. The molecular formula is C10H17NO. The van der Waals surface area contributed by atoms with E-state index in [9.17, 15) is 0 Å². The van der Waals surface area contributed by atoms with Crippen LogP contribution in [0.25, 0.3) is 0 Å². The zero-order valence-corrected chi connectivity index (χ0v) is 8.00. The zero-order valence-electron chi connectivity index (χ0n) is 8.00. The molecule has 0 saturated carbocycles. The van der Waals surface area contributed by atoms with Crippen LogP contribution in [0, 0.1) is 5.92 Å². The molecule has 1 N–H and O–H groups in total. The monoisotopic (exact) mass is 167 g/mol. The normalized spacial score (nSPS) is 13.7. The van der Waals surface area contributed by atoms with Gasteiger partial charge in [0.2, 0.25) is 0 Å². The summed E-state index contributed by atoms with van der Waals surface area (Å²) in [6.07, 6.45) is 1.71. The molecular weight excluding hydrogens is 150 g/mol. The molecule has 1 aromatic heterocycles. The number of rotatable bonds is 4. The summed E-state index contributed by atoms with van der Waals surface area (Å²) >= 11 is 0. The van der Waals surface area contributed by atoms with Gasteiger partial charge in [0.15, 0.2) is 0 Å². The zero-order chi connectivity index (χ0) is 8.97. The molecule has 12 heavy (non-hydrogen) atoms. The summed E-state index contributed by atoms with van der Waals surface area (Å²) in [6.45, 7) is 7.43. The van der Waals surface area contributed by atoms with Crippen molar-refractivity contribution < 1.29 is 4.42 Å². The Kier molecular flexibility index (Phi) is 3.35. The van der Waals surface area contributed by atoms with E-state index in [-0.39, 0.29) is 0 Å². The fraction of sp³-hybridized carbons (Fsp3) is 0.600. The van der Waals surface area contributed by atoms with E-state index in [0.717, 1.165) is 12.3 Å². The van der Waals surface area contributed by atoms with E-state index in [4.69, 9.17) is 4.42 Å². The average Bonchev–Trinajstić information content (AvgIpc) is 2.51. The van der Waals surface area contributed by atoms with Crippen LogP contribution in [0.3, 0.4) is 0 Å². The van der Waals surface area contributed by atoms with E-state index in [1.54, 1.807) is 6.26 Å². The second-order valence-corrected chi connectivity index (χ2v) is 3.49. The van der Waals surface area contributed by atoms with E-state index in [0.29, 0.717) is 12.0 Å². The molecule has 1 atom stereocenters. The maximum absolute atomic E-state index is 5.20. The topological polar surface area (TPSA) is 25.2 Å². The first kappa shape index (κ1) is 9.33. The van der Waals surface area contributed by atoms with Crippen LogP contribution in [0.2, 0.25) is 0 Å². The van der Waals surface area contributed by atoms with Crippen molar-refractivity contribution in [1.82, 2.24) is 5.32 Å². The Bertz CT molecular complexity index is 204. The quantitative estimate of drug-likeness (QED) is 0.745. The molecule has 0 aliphatic rings. The molecule has 2 nitrogen and oxygen atoms in total. The molecule has 68 valence electrons. The molecule has 0 aliphatic heterocycles. The van der Waals surface area contributed by atoms with Crippen molar-refractivity contribution in [3.63, 3.8) is 0 Å². The predicted octanol–water partition coefficient (Wildman–Crippen LogP) is 2.41. The standard InChI is InChI=1S/C10H17NO/c1-8(2)9(3)11-7-10-5-4-6-12-10/h4-6,8-9,11H,7H2,1-3H3/t9-/m0/s1. The first-order valence-electron chi connectivity index (χ1n) is 4.46. The summed E-state index contributed by atoms with van der Waals surface area (Å²) < 4.78 is 5.20. The Morgan fingerprint density at radius 2 is 2.17 bits per heavy atom. The van der Waals surface area contributed by atoms with Gasteiger partial charge in [0.25, 0.3) is 0 Å². The maximum Gasteiger partial charge on any atom is 0.117 e. The molecule has 1 rings (SSSR count). The Hall–Kier alpha value is -0.760. The second kappa shape index (κ2) is 4.31. The average molecular weight is 167 g/mol. The first-order chi connectivity index (χ1) is 5.70. The molecule has 0 aliphatic carbocycles. The summed E-state index contributed by atoms with van der Waals surface area (Å²) in [5.41, 5.74) is 0.